The Bertz CT molecular complexity index is 1100. The molecule has 0 fully saturated rings. The fourth-order valence-electron chi connectivity index (χ4n) is 3.12. The van der Waals surface area contributed by atoms with Crippen molar-refractivity contribution in [1.82, 2.24) is 0 Å². The van der Waals surface area contributed by atoms with Crippen molar-refractivity contribution in [2.45, 2.75) is 11.4 Å². The molecule has 7 nitrogen and oxygen atoms in total. The van der Waals surface area contributed by atoms with Gasteiger partial charge in [-0.2, -0.15) is 0 Å². The van der Waals surface area contributed by atoms with Crippen molar-refractivity contribution in [1.29, 1.82) is 0 Å². The van der Waals surface area contributed by atoms with Crippen molar-refractivity contribution in [3.05, 3.63) is 64.9 Å². The highest BCUT2D eigenvalue weighted by molar-refractivity contribution is 7.92. The zero-order valence-corrected chi connectivity index (χ0v) is 18.7. The van der Waals surface area contributed by atoms with Crippen LogP contribution in [0, 0.1) is 0 Å². The van der Waals surface area contributed by atoms with E-state index in [4.69, 9.17) is 18.9 Å². The van der Waals surface area contributed by atoms with E-state index >= 15 is 0 Å². The lowest BCUT2D eigenvalue weighted by Crippen LogP contribution is -2.30. The number of hydrogen-bond donors (Lipinski definition) is 0. The normalized spacial score (nSPS) is 13.1. The smallest absolute Gasteiger partial charge is 0.264 e. The van der Waals surface area contributed by atoms with Crippen LogP contribution < -0.4 is 18.5 Å². The summed E-state index contributed by atoms with van der Waals surface area (Å²) in [6, 6.07) is 15.4. The molecule has 2 heterocycles. The molecule has 1 aliphatic rings. The Kier molecular flexibility index (Phi) is 6.64. The van der Waals surface area contributed by atoms with Crippen molar-refractivity contribution in [3.63, 3.8) is 0 Å². The maximum atomic E-state index is 13.6. The molecule has 4 rings (SSSR count). The maximum absolute atomic E-state index is 13.6. The van der Waals surface area contributed by atoms with Gasteiger partial charge in [-0.25, -0.2) is 8.42 Å². The molecule has 1 aromatic heterocycles. The maximum Gasteiger partial charge on any atom is 0.264 e. The van der Waals surface area contributed by atoms with Crippen molar-refractivity contribution in [2.24, 2.45) is 0 Å². The molecule has 0 saturated carbocycles. The minimum Gasteiger partial charge on any atom is -0.491 e. The first-order chi connectivity index (χ1) is 15.1. The van der Waals surface area contributed by atoms with Gasteiger partial charge in [0.25, 0.3) is 10.0 Å². The second-order valence-electron chi connectivity index (χ2n) is 6.73. The van der Waals surface area contributed by atoms with Crippen LogP contribution in [0.5, 0.6) is 17.2 Å². The summed E-state index contributed by atoms with van der Waals surface area (Å²) in [6.07, 6.45) is 0. The van der Waals surface area contributed by atoms with Crippen LogP contribution in [0.4, 0.5) is 5.69 Å². The minimum atomic E-state index is -3.84. The highest BCUT2D eigenvalue weighted by Crippen LogP contribution is 2.36. The molecule has 164 valence electrons. The van der Waals surface area contributed by atoms with Gasteiger partial charge in [0, 0.05) is 18.1 Å². The summed E-state index contributed by atoms with van der Waals surface area (Å²) >= 11 is 1.51. The topological polar surface area (TPSA) is 74.3 Å². The highest BCUT2D eigenvalue weighted by Gasteiger charge is 2.27. The Balaban J connectivity index is 1.65. The largest absolute Gasteiger partial charge is 0.491 e. The van der Waals surface area contributed by atoms with E-state index in [-0.39, 0.29) is 11.4 Å². The first-order valence-corrected chi connectivity index (χ1v) is 12.1. The zero-order valence-electron chi connectivity index (χ0n) is 17.0. The molecule has 0 radical (unpaired) electrons. The van der Waals surface area contributed by atoms with Gasteiger partial charge in [-0.1, -0.05) is 6.07 Å². The number of fused-ring (bicyclic) bond motifs is 1. The SMILES string of the molecule is COCCOc1ccc(S(=O)(=O)N(Cc2cccs2)c2ccc3c(c2)OCCO3)cc1. The Morgan fingerprint density at radius 1 is 1.00 bits per heavy atom. The molecule has 0 unspecified atom stereocenters. The number of ether oxygens (including phenoxy) is 4. The molecule has 0 aliphatic carbocycles. The second kappa shape index (κ2) is 9.59. The van der Waals surface area contributed by atoms with Crippen molar-refractivity contribution >= 4 is 27.0 Å². The van der Waals surface area contributed by atoms with E-state index in [0.717, 1.165) is 4.88 Å². The number of anilines is 1. The first kappa shape index (κ1) is 21.5. The van der Waals surface area contributed by atoms with Crippen LogP contribution in [0.25, 0.3) is 0 Å². The molecule has 1 aliphatic heterocycles. The van der Waals surface area contributed by atoms with Crippen LogP contribution in [0.2, 0.25) is 0 Å². The van der Waals surface area contributed by atoms with Gasteiger partial charge >= 0.3 is 0 Å². The number of methoxy groups -OCH3 is 1. The summed E-state index contributed by atoms with van der Waals surface area (Å²) in [5.41, 5.74) is 0.512. The number of benzene rings is 2. The molecule has 0 spiro atoms. The fourth-order valence-corrected chi connectivity index (χ4v) is 5.33. The predicted molar refractivity (Wildman–Crippen MR) is 119 cm³/mol. The third-order valence-corrected chi connectivity index (χ3v) is 7.31. The van der Waals surface area contributed by atoms with Gasteiger partial charge in [0.1, 0.15) is 25.6 Å². The monoisotopic (exact) mass is 461 g/mol. The Morgan fingerprint density at radius 3 is 2.48 bits per heavy atom. The molecule has 2 aromatic carbocycles. The molecule has 0 N–H and O–H groups in total. The molecule has 3 aromatic rings. The van der Waals surface area contributed by atoms with Crippen LogP contribution in [0.15, 0.2) is 64.9 Å². The Labute approximate surface area is 185 Å². The number of hydrogen-bond acceptors (Lipinski definition) is 7. The lowest BCUT2D eigenvalue weighted by Gasteiger charge is -2.26. The highest BCUT2D eigenvalue weighted by atomic mass is 32.2. The molecular formula is C22H23NO6S2. The van der Waals surface area contributed by atoms with Crippen molar-refractivity contribution in [2.75, 3.05) is 37.8 Å². The standard InChI is InChI=1S/C22H23NO6S2/c1-26-10-11-27-18-5-7-20(8-6-18)31(24,25)23(16-19-3-2-14-30-19)17-4-9-21-22(15-17)29-13-12-28-21/h2-9,14-15H,10-13,16H2,1H3. The summed E-state index contributed by atoms with van der Waals surface area (Å²) in [6.45, 7) is 1.97. The second-order valence-corrected chi connectivity index (χ2v) is 9.63. The average Bonchev–Trinajstić information content (AvgIpc) is 3.31. The molecule has 0 bridgehead atoms. The van der Waals surface area contributed by atoms with E-state index < -0.39 is 10.0 Å². The average molecular weight is 462 g/mol. The number of sulfonamides is 1. The van der Waals surface area contributed by atoms with Gasteiger partial charge in [-0.15, -0.1) is 11.3 Å². The van der Waals surface area contributed by atoms with E-state index in [1.807, 2.05) is 17.5 Å². The summed E-state index contributed by atoms with van der Waals surface area (Å²) < 4.78 is 50.3. The van der Waals surface area contributed by atoms with Crippen LogP contribution in [0.1, 0.15) is 4.88 Å². The van der Waals surface area contributed by atoms with Gasteiger partial charge in [0.05, 0.1) is 23.7 Å². The summed E-state index contributed by atoms with van der Waals surface area (Å²) in [7, 11) is -2.24. The van der Waals surface area contributed by atoms with Gasteiger partial charge in [0.15, 0.2) is 11.5 Å². The molecule has 0 atom stereocenters. The van der Waals surface area contributed by atoms with E-state index in [1.165, 1.54) is 15.6 Å². The van der Waals surface area contributed by atoms with Crippen LogP contribution in [-0.4, -0.2) is 42.0 Å². The van der Waals surface area contributed by atoms with Crippen molar-refractivity contribution < 1.29 is 27.4 Å². The Hall–Kier alpha value is -2.75. The number of thiophene rings is 1. The quantitative estimate of drug-likeness (QED) is 0.450. The van der Waals surface area contributed by atoms with Gasteiger partial charge < -0.3 is 18.9 Å². The molecular weight excluding hydrogens is 438 g/mol. The van der Waals surface area contributed by atoms with E-state index in [2.05, 4.69) is 0 Å². The third-order valence-electron chi connectivity index (χ3n) is 4.66. The lowest BCUT2D eigenvalue weighted by atomic mass is 10.2. The van der Waals surface area contributed by atoms with Crippen molar-refractivity contribution in [3.8, 4) is 17.2 Å². The van der Waals surface area contributed by atoms with E-state index in [9.17, 15) is 8.42 Å². The summed E-state index contributed by atoms with van der Waals surface area (Å²) in [4.78, 5) is 1.11. The van der Waals surface area contributed by atoms with Gasteiger partial charge in [0.2, 0.25) is 0 Å². The zero-order chi connectivity index (χ0) is 21.7. The van der Waals surface area contributed by atoms with Crippen LogP contribution in [-0.2, 0) is 21.3 Å². The lowest BCUT2D eigenvalue weighted by molar-refractivity contribution is 0.146. The third kappa shape index (κ3) is 4.95. The van der Waals surface area contributed by atoms with Crippen LogP contribution >= 0.6 is 11.3 Å². The number of nitrogens with zero attached hydrogens (tertiary/aromatic N) is 1. The summed E-state index contributed by atoms with van der Waals surface area (Å²) in [5.74, 6) is 1.73. The Morgan fingerprint density at radius 2 is 1.77 bits per heavy atom. The van der Waals surface area contributed by atoms with E-state index in [0.29, 0.717) is 49.4 Å². The molecule has 0 amide bonds. The number of rotatable bonds is 9. The van der Waals surface area contributed by atoms with Gasteiger partial charge in [-0.05, 0) is 47.8 Å². The minimum absolute atomic E-state index is 0.179. The van der Waals surface area contributed by atoms with Crippen LogP contribution in [0.3, 0.4) is 0 Å². The summed E-state index contributed by atoms with van der Waals surface area (Å²) in [5, 5.41) is 1.93. The molecule has 9 heteroatoms. The molecule has 0 saturated heterocycles. The predicted octanol–water partition coefficient (Wildman–Crippen LogP) is 3.94. The first-order valence-electron chi connectivity index (χ1n) is 9.74. The fraction of sp³-hybridized carbons (Fsp3) is 0.273. The van der Waals surface area contributed by atoms with E-state index in [1.54, 1.807) is 49.6 Å². The molecule has 31 heavy (non-hydrogen) atoms. The van der Waals surface area contributed by atoms with Gasteiger partial charge in [-0.3, -0.25) is 4.31 Å².